The standard InChI is InChI=1S/C50H55NO15/c1-8-36(55)64-40(38(30-18-12-9-13-19-30)51-44(57)31-20-14-10-15-21-31)46(59)63-33-25-50(60)43(65-45(58)32-22-16-11-17-23-32)41-48(7,34(54)24-35-49(41,26-61-35)66-29(4)53)42(56)39(62-28(3)52)37(27(33)2)47(50,5)6/h9-23,33-35,38-41,43,54,60H,8,24-26H2,1-7H3,(H,51,57)/t33-,34-,35+,38-,39+,40+,41?,43-,48+,49-,50+/m1/s1. The molecule has 11 atom stereocenters. The van der Waals surface area contributed by atoms with E-state index >= 15 is 4.79 Å². The van der Waals surface area contributed by atoms with Gasteiger partial charge in [-0.3, -0.25) is 24.0 Å². The molecule has 1 heterocycles. The summed E-state index contributed by atoms with van der Waals surface area (Å²) in [7, 11) is 0. The second kappa shape index (κ2) is 18.2. The Morgan fingerprint density at radius 3 is 1.97 bits per heavy atom. The van der Waals surface area contributed by atoms with Crippen LogP contribution >= 0.6 is 0 Å². The summed E-state index contributed by atoms with van der Waals surface area (Å²) in [5, 5.41) is 28.8. The number of nitrogens with one attached hydrogen (secondary N) is 1. The number of aliphatic hydroxyl groups excluding tert-OH is 1. The highest BCUT2D eigenvalue weighted by Gasteiger charge is 2.78. The number of hydrogen-bond acceptors (Lipinski definition) is 15. The molecule has 1 unspecified atom stereocenters. The second-order valence-corrected chi connectivity index (χ2v) is 18.2. The maximum atomic E-state index is 15.6. The van der Waals surface area contributed by atoms with Crippen molar-refractivity contribution >= 4 is 41.5 Å². The number of esters is 5. The first-order valence-corrected chi connectivity index (χ1v) is 21.9. The van der Waals surface area contributed by atoms with Crippen molar-refractivity contribution in [2.24, 2.45) is 16.7 Å². The van der Waals surface area contributed by atoms with Crippen LogP contribution in [0, 0.1) is 16.7 Å². The Morgan fingerprint density at radius 2 is 1.42 bits per heavy atom. The SMILES string of the molecule is CCC(=O)O[C@H](C(=O)O[C@@H]1C[C@]2(O)[C@H](OC(=O)c3ccccc3)C3[C@@]4(OC(C)=O)CO[C@H]4C[C@@H](O)[C@]3(C)C(=O)[C@@H](OC(C)=O)C(=C1C)C2(C)C)[C@H](NC(=O)c1ccccc1)c1ccccc1. The summed E-state index contributed by atoms with van der Waals surface area (Å²) in [5.41, 5.74) is -7.19. The van der Waals surface area contributed by atoms with Crippen LogP contribution in [0.3, 0.4) is 0 Å². The van der Waals surface area contributed by atoms with Gasteiger partial charge in [-0.05, 0) is 54.8 Å². The van der Waals surface area contributed by atoms with Crippen molar-refractivity contribution in [3.8, 4) is 0 Å². The van der Waals surface area contributed by atoms with E-state index in [0.717, 1.165) is 13.8 Å². The molecule has 3 fully saturated rings. The van der Waals surface area contributed by atoms with Crippen LogP contribution < -0.4 is 5.32 Å². The highest BCUT2D eigenvalue weighted by molar-refractivity contribution is 5.96. The molecule has 350 valence electrons. The van der Waals surface area contributed by atoms with Crippen LogP contribution in [0.25, 0.3) is 0 Å². The topological polar surface area (TPSA) is 227 Å². The Balaban J connectivity index is 1.42. The molecule has 66 heavy (non-hydrogen) atoms. The Bertz CT molecular complexity index is 2420. The van der Waals surface area contributed by atoms with Crippen molar-refractivity contribution in [1.29, 1.82) is 0 Å². The number of Topliss-reactive ketones (excluding diaryl/α,β-unsaturated/α-hetero) is 1. The first-order valence-electron chi connectivity index (χ1n) is 21.9. The first kappa shape index (κ1) is 47.7. The quantitative estimate of drug-likeness (QED) is 0.127. The molecule has 1 saturated heterocycles. The van der Waals surface area contributed by atoms with Crippen molar-refractivity contribution in [3.05, 3.63) is 119 Å². The van der Waals surface area contributed by atoms with E-state index in [1.807, 2.05) is 0 Å². The highest BCUT2D eigenvalue weighted by Crippen LogP contribution is 2.64. The zero-order valence-electron chi connectivity index (χ0n) is 37.8. The second-order valence-electron chi connectivity index (χ2n) is 18.2. The van der Waals surface area contributed by atoms with Gasteiger partial charge in [-0.15, -0.1) is 0 Å². The van der Waals surface area contributed by atoms with Gasteiger partial charge in [0.2, 0.25) is 6.10 Å². The Morgan fingerprint density at radius 1 is 0.833 bits per heavy atom. The maximum Gasteiger partial charge on any atom is 0.350 e. The van der Waals surface area contributed by atoms with E-state index in [-0.39, 0.29) is 41.7 Å². The van der Waals surface area contributed by atoms with Gasteiger partial charge in [0.05, 0.1) is 29.6 Å². The molecule has 3 aromatic carbocycles. The zero-order chi connectivity index (χ0) is 47.9. The van der Waals surface area contributed by atoms with Gasteiger partial charge in [-0.1, -0.05) is 87.5 Å². The number of ketones is 1. The molecule has 0 spiro atoms. The smallest absolute Gasteiger partial charge is 0.350 e. The zero-order valence-corrected chi connectivity index (χ0v) is 37.8. The Kier molecular flexibility index (Phi) is 13.2. The third-order valence-corrected chi connectivity index (χ3v) is 14.0. The summed E-state index contributed by atoms with van der Waals surface area (Å²) in [6.07, 6.45) is -10.7. The van der Waals surface area contributed by atoms with Crippen LogP contribution in [-0.2, 0) is 52.4 Å². The van der Waals surface area contributed by atoms with E-state index < -0.39 is 119 Å². The van der Waals surface area contributed by atoms with E-state index in [0.29, 0.717) is 5.56 Å². The molecule has 3 aromatic rings. The van der Waals surface area contributed by atoms with Gasteiger partial charge >= 0.3 is 29.8 Å². The molecule has 7 rings (SSSR count). The summed E-state index contributed by atoms with van der Waals surface area (Å²) >= 11 is 0. The number of amides is 1. The largest absolute Gasteiger partial charge is 0.455 e. The minimum atomic E-state index is -2.43. The summed E-state index contributed by atoms with van der Waals surface area (Å²) in [6, 6.07) is 23.0. The number of benzene rings is 3. The van der Waals surface area contributed by atoms with Crippen molar-refractivity contribution < 1.29 is 72.2 Å². The van der Waals surface area contributed by atoms with Crippen molar-refractivity contribution in [2.75, 3.05) is 6.61 Å². The van der Waals surface area contributed by atoms with Gasteiger partial charge < -0.3 is 44.0 Å². The lowest BCUT2D eigenvalue weighted by Gasteiger charge is -2.67. The van der Waals surface area contributed by atoms with Gasteiger partial charge in [0.1, 0.15) is 30.0 Å². The van der Waals surface area contributed by atoms with E-state index in [4.69, 9.17) is 28.4 Å². The van der Waals surface area contributed by atoms with E-state index in [1.54, 1.807) is 92.7 Å². The minimum absolute atomic E-state index is 0.0190. The van der Waals surface area contributed by atoms with Gasteiger partial charge in [-0.2, -0.15) is 0 Å². The average Bonchev–Trinajstić information content (AvgIpc) is 3.28. The van der Waals surface area contributed by atoms with Crippen LogP contribution in [0.2, 0.25) is 0 Å². The molecule has 3 N–H and O–H groups in total. The number of ether oxygens (including phenoxy) is 6. The molecule has 4 aliphatic rings. The van der Waals surface area contributed by atoms with Gasteiger partial charge in [-0.25, -0.2) is 9.59 Å². The number of carbonyl (C=O) groups is 7. The Hall–Kier alpha value is -6.23. The van der Waals surface area contributed by atoms with Crippen molar-refractivity contribution in [3.63, 3.8) is 0 Å². The third kappa shape index (κ3) is 8.19. The van der Waals surface area contributed by atoms with Crippen LogP contribution in [0.1, 0.15) is 100 Å². The molecule has 1 aliphatic heterocycles. The summed E-state index contributed by atoms with van der Waals surface area (Å²) < 4.78 is 36.4. The maximum absolute atomic E-state index is 15.6. The molecular weight excluding hydrogens is 855 g/mol. The van der Waals surface area contributed by atoms with Crippen LogP contribution in [0.4, 0.5) is 0 Å². The predicted molar refractivity (Wildman–Crippen MR) is 232 cm³/mol. The molecule has 1 amide bonds. The number of aliphatic hydroxyl groups is 2. The van der Waals surface area contributed by atoms with Crippen LogP contribution in [0.15, 0.2) is 102 Å². The molecule has 16 heteroatoms. The highest BCUT2D eigenvalue weighted by atomic mass is 16.6. The fourth-order valence-electron chi connectivity index (χ4n) is 10.5. The summed E-state index contributed by atoms with van der Waals surface area (Å²) in [4.78, 5) is 98.0. The number of carbonyl (C=O) groups excluding carboxylic acids is 7. The van der Waals surface area contributed by atoms with Crippen LogP contribution in [0.5, 0.6) is 0 Å². The van der Waals surface area contributed by atoms with E-state index in [2.05, 4.69) is 5.32 Å². The predicted octanol–water partition coefficient (Wildman–Crippen LogP) is 4.70. The molecule has 2 bridgehead atoms. The number of fused-ring (bicyclic) bond motifs is 5. The van der Waals surface area contributed by atoms with Crippen molar-refractivity contribution in [1.82, 2.24) is 5.32 Å². The fraction of sp³-hybridized carbons (Fsp3) is 0.460. The molecule has 16 nitrogen and oxygen atoms in total. The lowest BCUT2D eigenvalue weighted by Crippen LogP contribution is -2.82. The molecule has 2 saturated carbocycles. The fourth-order valence-corrected chi connectivity index (χ4v) is 10.5. The summed E-state index contributed by atoms with van der Waals surface area (Å²) in [6.45, 7) is 9.46. The first-order chi connectivity index (χ1) is 31.2. The third-order valence-electron chi connectivity index (χ3n) is 14.0. The lowest BCUT2D eigenvalue weighted by molar-refractivity contribution is -0.346. The number of rotatable bonds is 12. The van der Waals surface area contributed by atoms with Crippen LogP contribution in [-0.4, -0.2) is 106 Å². The molecule has 0 aromatic heterocycles. The van der Waals surface area contributed by atoms with Gasteiger partial charge in [0, 0.05) is 44.1 Å². The lowest BCUT2D eigenvalue weighted by atomic mass is 9.44. The monoisotopic (exact) mass is 909 g/mol. The minimum Gasteiger partial charge on any atom is -0.455 e. The molecule has 0 radical (unpaired) electrons. The van der Waals surface area contributed by atoms with Crippen molar-refractivity contribution in [2.45, 2.75) is 122 Å². The molecule has 3 aliphatic carbocycles. The number of hydrogen-bond donors (Lipinski definition) is 3. The Labute approximate surface area is 381 Å². The van der Waals surface area contributed by atoms with E-state index in [1.165, 1.54) is 32.9 Å². The van der Waals surface area contributed by atoms with Gasteiger partial charge in [0.25, 0.3) is 5.91 Å². The average molecular weight is 910 g/mol. The molecular formula is C50H55NO15. The summed E-state index contributed by atoms with van der Waals surface area (Å²) in [5.74, 6) is -7.68. The van der Waals surface area contributed by atoms with E-state index in [9.17, 15) is 39.0 Å². The van der Waals surface area contributed by atoms with Gasteiger partial charge in [0.15, 0.2) is 17.5 Å². The normalized spacial score (nSPS) is 30.5.